The van der Waals surface area contributed by atoms with Gasteiger partial charge in [-0.3, -0.25) is 5.41 Å². The van der Waals surface area contributed by atoms with Crippen molar-refractivity contribution in [3.63, 3.8) is 0 Å². The molecular formula is C29H42N6O4. The Morgan fingerprint density at radius 1 is 0.846 bits per heavy atom. The Morgan fingerprint density at radius 3 is 2.18 bits per heavy atom. The molecule has 1 aliphatic carbocycles. The maximum absolute atomic E-state index is 13.0. The largest absolute Gasteiger partial charge is 0.446 e. The summed E-state index contributed by atoms with van der Waals surface area (Å²) in [6.07, 6.45) is 7.25. The molecule has 0 unspecified atom stereocenters. The summed E-state index contributed by atoms with van der Waals surface area (Å²) in [6.45, 7) is 5.69. The number of benzene rings is 1. The van der Waals surface area contributed by atoms with Crippen molar-refractivity contribution in [1.29, 1.82) is 5.41 Å². The number of nitrogens with one attached hydrogen (secondary N) is 1. The van der Waals surface area contributed by atoms with Crippen molar-refractivity contribution < 1.29 is 19.1 Å². The Hall–Kier alpha value is -3.27. The summed E-state index contributed by atoms with van der Waals surface area (Å²) in [7, 11) is 2.09. The summed E-state index contributed by atoms with van der Waals surface area (Å²) >= 11 is 0. The summed E-state index contributed by atoms with van der Waals surface area (Å²) < 4.78 is 11.5. The molecule has 2 amide bonds. The molecule has 1 saturated carbocycles. The van der Waals surface area contributed by atoms with E-state index in [-0.39, 0.29) is 24.4 Å². The summed E-state index contributed by atoms with van der Waals surface area (Å²) in [5.74, 6) is 0.432. The van der Waals surface area contributed by atoms with Gasteiger partial charge in [0, 0.05) is 77.0 Å². The van der Waals surface area contributed by atoms with Crippen molar-refractivity contribution in [3.05, 3.63) is 41.0 Å². The number of nitrogens with two attached hydrogens (primary N) is 1. The molecule has 3 N–H and O–H groups in total. The maximum Gasteiger partial charge on any atom is 0.410 e. The number of amidine groups is 1. The van der Waals surface area contributed by atoms with Crippen LogP contribution in [0.3, 0.4) is 0 Å². The highest BCUT2D eigenvalue weighted by atomic mass is 16.6. The van der Waals surface area contributed by atoms with Gasteiger partial charge in [0.1, 0.15) is 18.0 Å². The van der Waals surface area contributed by atoms with Gasteiger partial charge in [0.15, 0.2) is 0 Å². The van der Waals surface area contributed by atoms with Gasteiger partial charge in [0.2, 0.25) is 0 Å². The first kappa shape index (κ1) is 27.3. The molecule has 39 heavy (non-hydrogen) atoms. The number of fused-ring (bicyclic) bond motifs is 1. The Bertz CT molecular complexity index is 1090. The molecule has 2 saturated heterocycles. The number of piperazine rings is 1. The number of hydrogen-bond acceptors (Lipinski definition) is 7. The zero-order valence-electron chi connectivity index (χ0n) is 23.1. The molecule has 1 aromatic carbocycles. The molecule has 3 aliphatic heterocycles. The van der Waals surface area contributed by atoms with Gasteiger partial charge in [0.05, 0.1) is 0 Å². The first-order chi connectivity index (χ1) is 18.9. The highest BCUT2D eigenvalue weighted by molar-refractivity contribution is 5.96. The molecule has 4 aliphatic rings. The van der Waals surface area contributed by atoms with Crippen LogP contribution in [0.15, 0.2) is 24.3 Å². The Balaban J connectivity index is 1.12. The van der Waals surface area contributed by atoms with Crippen LogP contribution >= 0.6 is 0 Å². The molecule has 0 aromatic heterocycles. The van der Waals surface area contributed by atoms with Crippen molar-refractivity contribution in [2.75, 3.05) is 52.9 Å². The summed E-state index contributed by atoms with van der Waals surface area (Å²) in [5, 5.41) is 8.47. The van der Waals surface area contributed by atoms with Crippen molar-refractivity contribution in [3.8, 4) is 0 Å². The number of hydrogen-bond donors (Lipinski definition) is 2. The van der Waals surface area contributed by atoms with Gasteiger partial charge >= 0.3 is 12.2 Å². The van der Waals surface area contributed by atoms with E-state index in [1.54, 1.807) is 15.9 Å². The fourth-order valence-corrected chi connectivity index (χ4v) is 5.86. The van der Waals surface area contributed by atoms with Crippen molar-refractivity contribution in [2.45, 2.75) is 63.7 Å². The van der Waals surface area contributed by atoms with Crippen LogP contribution in [-0.2, 0) is 22.4 Å². The van der Waals surface area contributed by atoms with E-state index in [0.29, 0.717) is 50.6 Å². The van der Waals surface area contributed by atoms with Gasteiger partial charge in [-0.15, -0.1) is 0 Å². The third-order valence-corrected chi connectivity index (χ3v) is 8.48. The van der Waals surface area contributed by atoms with E-state index in [1.165, 1.54) is 5.56 Å². The number of carbonyl (C=O) groups excluding carboxylic acids is 2. The Morgan fingerprint density at radius 2 is 1.49 bits per heavy atom. The number of rotatable bonds is 4. The molecule has 5 rings (SSSR count). The Kier molecular flexibility index (Phi) is 8.60. The van der Waals surface area contributed by atoms with E-state index in [4.69, 9.17) is 20.6 Å². The lowest BCUT2D eigenvalue weighted by atomic mass is 9.96. The fraction of sp³-hybridized carbons (Fsp3) is 0.621. The summed E-state index contributed by atoms with van der Waals surface area (Å²) in [4.78, 5) is 33.2. The highest BCUT2D eigenvalue weighted by Gasteiger charge is 2.30. The molecule has 10 nitrogen and oxygen atoms in total. The van der Waals surface area contributed by atoms with Gasteiger partial charge in [-0.25, -0.2) is 9.59 Å². The van der Waals surface area contributed by atoms with E-state index in [9.17, 15) is 9.59 Å². The monoisotopic (exact) mass is 538 g/mol. The van der Waals surface area contributed by atoms with Crippen molar-refractivity contribution >= 4 is 23.7 Å². The van der Waals surface area contributed by atoms with Crippen LogP contribution in [0.4, 0.5) is 9.59 Å². The van der Waals surface area contributed by atoms with Crippen LogP contribution < -0.4 is 5.73 Å². The topological polar surface area (TPSA) is 115 Å². The lowest BCUT2D eigenvalue weighted by Crippen LogP contribution is -2.46. The lowest BCUT2D eigenvalue weighted by Gasteiger charge is -2.34. The number of piperidine rings is 1. The second-order valence-electron chi connectivity index (χ2n) is 11.3. The Labute approximate surface area is 231 Å². The second-order valence-corrected chi connectivity index (χ2v) is 11.3. The average molecular weight is 539 g/mol. The molecule has 10 heteroatoms. The number of carbonyl (C=O) groups is 2. The van der Waals surface area contributed by atoms with Crippen LogP contribution in [0.2, 0.25) is 0 Å². The van der Waals surface area contributed by atoms with E-state index in [0.717, 1.165) is 69.4 Å². The molecule has 1 aromatic rings. The van der Waals surface area contributed by atoms with Crippen molar-refractivity contribution in [2.24, 2.45) is 5.73 Å². The lowest BCUT2D eigenvalue weighted by molar-refractivity contribution is 0.0161. The highest BCUT2D eigenvalue weighted by Crippen LogP contribution is 2.25. The normalized spacial score (nSPS) is 21.6. The number of ether oxygens (including phenoxy) is 2. The summed E-state index contributed by atoms with van der Waals surface area (Å²) in [5.41, 5.74) is 10.1. The van der Waals surface area contributed by atoms with E-state index >= 15 is 0 Å². The van der Waals surface area contributed by atoms with Gasteiger partial charge in [0.25, 0.3) is 0 Å². The van der Waals surface area contributed by atoms with Crippen LogP contribution in [-0.4, -0.2) is 103 Å². The third kappa shape index (κ3) is 6.84. The smallest absolute Gasteiger partial charge is 0.410 e. The predicted molar refractivity (Wildman–Crippen MR) is 149 cm³/mol. The molecular weight excluding hydrogens is 496 g/mol. The summed E-state index contributed by atoms with van der Waals surface area (Å²) in [6, 6.07) is 6.11. The first-order valence-corrected chi connectivity index (χ1v) is 14.4. The number of likely N-dealkylation sites (N-methyl/N-ethyl adjacent to an activating group) is 1. The SMILES string of the molecule is CN1CCN(C(=N)/C=C(\N)c2ccc3c(c2)CN(C(=O)OC2CCN(C(=O)OC4CCCC4)CC2)CC3)CC1. The minimum absolute atomic E-state index is 0.0606. The van der Waals surface area contributed by atoms with Crippen molar-refractivity contribution in [1.82, 2.24) is 19.6 Å². The standard InChI is InChI=1S/C29H42N6O4/c1-32-14-16-33(17-15-32)27(31)19-26(30)22-7-6-21-8-11-35(20-23(21)18-22)29(37)39-25-9-12-34(13-10-25)28(36)38-24-4-2-3-5-24/h6-7,18-19,24-25,31H,2-5,8-17,20,30H2,1H3/b26-19-,31-27?. The number of amides is 2. The van der Waals surface area contributed by atoms with E-state index < -0.39 is 0 Å². The van der Waals surface area contributed by atoms with Crippen LogP contribution in [0.1, 0.15) is 55.2 Å². The van der Waals surface area contributed by atoms with Gasteiger partial charge in [-0.1, -0.05) is 12.1 Å². The molecule has 3 heterocycles. The molecule has 0 bridgehead atoms. The molecule has 0 spiro atoms. The van der Waals surface area contributed by atoms with E-state index in [1.807, 2.05) is 17.0 Å². The van der Waals surface area contributed by atoms with Crippen LogP contribution in [0.5, 0.6) is 0 Å². The van der Waals surface area contributed by atoms with Gasteiger partial charge in [-0.2, -0.15) is 0 Å². The van der Waals surface area contributed by atoms with Crippen LogP contribution in [0.25, 0.3) is 5.70 Å². The minimum atomic E-state index is -0.307. The zero-order chi connectivity index (χ0) is 27.4. The van der Waals surface area contributed by atoms with Gasteiger partial charge in [-0.05, 0) is 61.9 Å². The quantitative estimate of drug-likeness (QED) is 0.447. The zero-order valence-corrected chi connectivity index (χ0v) is 23.1. The van der Waals surface area contributed by atoms with Gasteiger partial charge < -0.3 is 34.8 Å². The number of likely N-dealkylation sites (tertiary alicyclic amines) is 1. The molecule has 0 radical (unpaired) electrons. The van der Waals surface area contributed by atoms with Crippen LogP contribution in [0, 0.1) is 5.41 Å². The third-order valence-electron chi connectivity index (χ3n) is 8.48. The molecule has 0 atom stereocenters. The number of nitrogens with zero attached hydrogens (tertiary/aromatic N) is 4. The predicted octanol–water partition coefficient (Wildman–Crippen LogP) is 3.25. The fourth-order valence-electron chi connectivity index (χ4n) is 5.86. The first-order valence-electron chi connectivity index (χ1n) is 14.4. The van der Waals surface area contributed by atoms with E-state index in [2.05, 4.69) is 18.0 Å². The molecule has 212 valence electrons. The maximum atomic E-state index is 13.0. The second kappa shape index (κ2) is 12.3. The average Bonchev–Trinajstić information content (AvgIpc) is 3.46. The minimum Gasteiger partial charge on any atom is -0.446 e. The molecule has 3 fully saturated rings.